The van der Waals surface area contributed by atoms with Crippen LogP contribution in [0.4, 0.5) is 0 Å². The quantitative estimate of drug-likeness (QED) is 0.552. The zero-order valence-corrected chi connectivity index (χ0v) is 15.2. The van der Waals surface area contributed by atoms with Gasteiger partial charge < -0.3 is 14.8 Å². The van der Waals surface area contributed by atoms with Crippen molar-refractivity contribution in [2.24, 2.45) is 0 Å². The van der Waals surface area contributed by atoms with Crippen LogP contribution in [0.15, 0.2) is 54.6 Å². The number of ether oxygens (including phenoxy) is 2. The smallest absolute Gasteiger partial charge is 0.308 e. The third-order valence-corrected chi connectivity index (χ3v) is 3.79. The van der Waals surface area contributed by atoms with Crippen LogP contribution in [0.5, 0.6) is 5.75 Å². The number of hydrogen-bond acceptors (Lipinski definition) is 4. The van der Waals surface area contributed by atoms with Gasteiger partial charge in [0.25, 0.3) is 0 Å². The molecule has 0 bridgehead atoms. The van der Waals surface area contributed by atoms with Gasteiger partial charge in [-0.3, -0.25) is 9.59 Å². The first-order valence-corrected chi connectivity index (χ1v) is 8.72. The topological polar surface area (TPSA) is 64.6 Å². The zero-order chi connectivity index (χ0) is 18.8. The van der Waals surface area contributed by atoms with E-state index in [1.165, 1.54) is 6.92 Å². The van der Waals surface area contributed by atoms with Crippen LogP contribution in [0, 0.1) is 6.92 Å². The summed E-state index contributed by atoms with van der Waals surface area (Å²) in [6.45, 7) is 4.19. The third kappa shape index (κ3) is 6.97. The lowest BCUT2D eigenvalue weighted by Gasteiger charge is -2.18. The Kier molecular flexibility index (Phi) is 7.68. The van der Waals surface area contributed by atoms with Crippen molar-refractivity contribution < 1.29 is 19.1 Å². The molecule has 1 amide bonds. The van der Waals surface area contributed by atoms with Crippen LogP contribution >= 0.6 is 0 Å². The average Bonchev–Trinajstić information content (AvgIpc) is 2.62. The van der Waals surface area contributed by atoms with Gasteiger partial charge in [-0.15, -0.1) is 0 Å². The molecule has 0 heterocycles. The number of nitrogens with one attached hydrogen (secondary N) is 1. The molecule has 0 aliphatic carbocycles. The molecule has 5 heteroatoms. The van der Waals surface area contributed by atoms with E-state index in [-0.39, 0.29) is 30.9 Å². The van der Waals surface area contributed by atoms with Gasteiger partial charge in [-0.2, -0.15) is 0 Å². The average molecular weight is 355 g/mol. The number of aryl methyl sites for hydroxylation is 1. The first-order chi connectivity index (χ1) is 12.5. The van der Waals surface area contributed by atoms with Gasteiger partial charge in [-0.25, -0.2) is 0 Å². The Morgan fingerprint density at radius 1 is 1.00 bits per heavy atom. The molecule has 0 fully saturated rings. The molecule has 0 saturated carbocycles. The lowest BCUT2D eigenvalue weighted by molar-refractivity contribution is -0.144. The summed E-state index contributed by atoms with van der Waals surface area (Å²) in [5.41, 5.74) is 2.01. The maximum Gasteiger partial charge on any atom is 0.308 e. The fourth-order valence-corrected chi connectivity index (χ4v) is 2.47. The molecule has 0 aromatic heterocycles. The van der Waals surface area contributed by atoms with Gasteiger partial charge in [-0.1, -0.05) is 48.0 Å². The van der Waals surface area contributed by atoms with Gasteiger partial charge in [0.15, 0.2) is 0 Å². The van der Waals surface area contributed by atoms with Crippen LogP contribution in [0.3, 0.4) is 0 Å². The van der Waals surface area contributed by atoms with E-state index in [1.54, 1.807) is 0 Å². The van der Waals surface area contributed by atoms with E-state index in [0.717, 1.165) is 16.9 Å². The Bertz CT molecular complexity index is 698. The first-order valence-electron chi connectivity index (χ1n) is 8.72. The molecule has 0 radical (unpaired) electrons. The molecule has 0 aliphatic rings. The molecular weight excluding hydrogens is 330 g/mol. The number of amides is 1. The summed E-state index contributed by atoms with van der Waals surface area (Å²) in [5, 5.41) is 2.81. The molecule has 5 nitrogen and oxygen atoms in total. The van der Waals surface area contributed by atoms with E-state index < -0.39 is 0 Å². The summed E-state index contributed by atoms with van der Waals surface area (Å²) in [6.07, 6.45) is 0.707. The third-order valence-electron chi connectivity index (χ3n) is 3.79. The summed E-state index contributed by atoms with van der Waals surface area (Å²) in [7, 11) is 0. The van der Waals surface area contributed by atoms with Crippen molar-refractivity contribution in [1.82, 2.24) is 5.32 Å². The molecule has 0 aliphatic heterocycles. The zero-order valence-electron chi connectivity index (χ0n) is 15.2. The fraction of sp³-hybridized carbons (Fsp3) is 0.333. The molecular formula is C21H25NO4. The highest BCUT2D eigenvalue weighted by atomic mass is 16.5. The molecule has 1 unspecified atom stereocenters. The minimum absolute atomic E-state index is 0.0994. The van der Waals surface area contributed by atoms with Gasteiger partial charge in [0.05, 0.1) is 25.7 Å². The predicted molar refractivity (Wildman–Crippen MR) is 99.9 cm³/mol. The second kappa shape index (κ2) is 10.2. The van der Waals surface area contributed by atoms with E-state index in [2.05, 4.69) is 5.32 Å². The van der Waals surface area contributed by atoms with E-state index >= 15 is 0 Å². The van der Waals surface area contributed by atoms with Crippen molar-refractivity contribution in [3.8, 4) is 5.75 Å². The summed E-state index contributed by atoms with van der Waals surface area (Å²) in [6, 6.07) is 16.8. The molecule has 0 saturated heterocycles. The number of carbonyl (C=O) groups is 2. The standard InChI is InChI=1S/C21H25NO4/c1-16-9-11-18(12-10-16)20(22-17(2)23)15-21(24)26-14-6-13-25-19-7-4-3-5-8-19/h3-5,7-12,20H,6,13-15H2,1-2H3,(H,22,23). The minimum Gasteiger partial charge on any atom is -0.493 e. The van der Waals surface area contributed by atoms with Crippen LogP contribution in [-0.2, 0) is 14.3 Å². The highest BCUT2D eigenvalue weighted by Crippen LogP contribution is 2.18. The molecule has 1 atom stereocenters. The number of esters is 1. The second-order valence-electron chi connectivity index (χ2n) is 6.10. The van der Waals surface area contributed by atoms with Crippen molar-refractivity contribution >= 4 is 11.9 Å². The SMILES string of the molecule is CC(=O)NC(CC(=O)OCCCOc1ccccc1)c1ccc(C)cc1. The van der Waals surface area contributed by atoms with Gasteiger partial charge >= 0.3 is 5.97 Å². The Morgan fingerprint density at radius 3 is 2.35 bits per heavy atom. The highest BCUT2D eigenvalue weighted by Gasteiger charge is 2.18. The van der Waals surface area contributed by atoms with Gasteiger partial charge in [0.1, 0.15) is 5.75 Å². The molecule has 0 spiro atoms. The normalized spacial score (nSPS) is 11.5. The Hall–Kier alpha value is -2.82. The van der Waals surface area contributed by atoms with Crippen LogP contribution in [0.25, 0.3) is 0 Å². The Balaban J connectivity index is 1.76. The largest absolute Gasteiger partial charge is 0.493 e. The van der Waals surface area contributed by atoms with Crippen molar-refractivity contribution in [2.45, 2.75) is 32.7 Å². The van der Waals surface area contributed by atoms with E-state index in [1.807, 2.05) is 61.5 Å². The minimum atomic E-state index is -0.388. The fourth-order valence-electron chi connectivity index (χ4n) is 2.47. The number of benzene rings is 2. The van der Waals surface area contributed by atoms with Crippen molar-refractivity contribution in [3.63, 3.8) is 0 Å². The summed E-state index contributed by atoms with van der Waals surface area (Å²) < 4.78 is 10.8. The summed E-state index contributed by atoms with van der Waals surface area (Å²) in [5.74, 6) is 0.271. The van der Waals surface area contributed by atoms with Crippen molar-refractivity contribution in [1.29, 1.82) is 0 Å². The highest BCUT2D eigenvalue weighted by molar-refractivity contribution is 5.76. The first kappa shape index (κ1) is 19.5. The maximum absolute atomic E-state index is 12.1. The van der Waals surface area contributed by atoms with E-state index in [0.29, 0.717) is 13.0 Å². The predicted octanol–water partition coefficient (Wildman–Crippen LogP) is 3.57. The van der Waals surface area contributed by atoms with Crippen molar-refractivity contribution in [2.75, 3.05) is 13.2 Å². The lowest BCUT2D eigenvalue weighted by atomic mass is 10.0. The number of hydrogen-bond donors (Lipinski definition) is 1. The van der Waals surface area contributed by atoms with E-state index in [9.17, 15) is 9.59 Å². The van der Waals surface area contributed by atoms with Gasteiger partial charge in [0, 0.05) is 13.3 Å². The molecule has 26 heavy (non-hydrogen) atoms. The van der Waals surface area contributed by atoms with Crippen LogP contribution < -0.4 is 10.1 Å². The molecule has 2 rings (SSSR count). The second-order valence-corrected chi connectivity index (χ2v) is 6.10. The number of rotatable bonds is 9. The summed E-state index contributed by atoms with van der Waals surface area (Å²) in [4.78, 5) is 23.5. The molecule has 1 N–H and O–H groups in total. The number of carbonyl (C=O) groups excluding carboxylic acids is 2. The lowest BCUT2D eigenvalue weighted by Crippen LogP contribution is -2.28. The van der Waals surface area contributed by atoms with Crippen molar-refractivity contribution in [3.05, 3.63) is 65.7 Å². The van der Waals surface area contributed by atoms with E-state index in [4.69, 9.17) is 9.47 Å². The maximum atomic E-state index is 12.1. The van der Waals surface area contributed by atoms with Gasteiger partial charge in [0.2, 0.25) is 5.91 Å². The Morgan fingerprint density at radius 2 is 1.69 bits per heavy atom. The van der Waals surface area contributed by atoms with Gasteiger partial charge in [-0.05, 0) is 24.6 Å². The molecule has 138 valence electrons. The molecule has 2 aromatic carbocycles. The monoisotopic (exact) mass is 355 g/mol. The number of para-hydroxylation sites is 1. The molecule has 2 aromatic rings. The van der Waals surface area contributed by atoms with Crippen LogP contribution in [0.2, 0.25) is 0 Å². The van der Waals surface area contributed by atoms with Crippen LogP contribution in [0.1, 0.15) is 36.9 Å². The summed E-state index contributed by atoms with van der Waals surface area (Å²) >= 11 is 0. The van der Waals surface area contributed by atoms with Crippen LogP contribution in [-0.4, -0.2) is 25.1 Å². The Labute approximate surface area is 154 Å².